The monoisotopic (exact) mass is 334 g/mol. The fourth-order valence-corrected chi connectivity index (χ4v) is 3.02. The molecule has 0 unspecified atom stereocenters. The molecular formula is C18H26N2O2S. The van der Waals surface area contributed by atoms with E-state index in [1.54, 1.807) is 12.1 Å². The summed E-state index contributed by atoms with van der Waals surface area (Å²) in [6.07, 6.45) is 0. The van der Waals surface area contributed by atoms with Gasteiger partial charge in [-0.05, 0) is 39.8 Å². The van der Waals surface area contributed by atoms with Gasteiger partial charge in [0.15, 0.2) is 0 Å². The molecule has 0 aliphatic heterocycles. The van der Waals surface area contributed by atoms with Gasteiger partial charge in [0.05, 0.1) is 0 Å². The maximum atomic E-state index is 10.2. The Morgan fingerprint density at radius 2 is 1.52 bits per heavy atom. The maximum absolute atomic E-state index is 10.2. The fourth-order valence-electron chi connectivity index (χ4n) is 2.53. The molecule has 0 saturated carbocycles. The number of hydrogen-bond donors (Lipinski definition) is 1. The average Bonchev–Trinajstić information content (AvgIpc) is 2.84. The van der Waals surface area contributed by atoms with Crippen molar-refractivity contribution < 1.29 is 9.52 Å². The van der Waals surface area contributed by atoms with Gasteiger partial charge in [-0.2, -0.15) is 0 Å². The summed E-state index contributed by atoms with van der Waals surface area (Å²) in [7, 11) is 0. The topological polar surface area (TPSA) is 59.2 Å². The Morgan fingerprint density at radius 1 is 1.00 bits per heavy atom. The van der Waals surface area contributed by atoms with Gasteiger partial charge in [0.25, 0.3) is 5.22 Å². The van der Waals surface area contributed by atoms with E-state index in [9.17, 15) is 5.11 Å². The summed E-state index contributed by atoms with van der Waals surface area (Å²) in [5.41, 5.74) is 2.66. The highest BCUT2D eigenvalue weighted by atomic mass is 32.2. The van der Waals surface area contributed by atoms with E-state index in [2.05, 4.69) is 58.7 Å². The van der Waals surface area contributed by atoms with Crippen molar-refractivity contribution in [3.8, 4) is 17.2 Å². The van der Waals surface area contributed by atoms with Crippen molar-refractivity contribution in [1.29, 1.82) is 0 Å². The molecule has 0 radical (unpaired) electrons. The number of thioether (sulfide) groups is 1. The molecule has 1 heterocycles. The lowest BCUT2D eigenvalue weighted by Gasteiger charge is -2.28. The van der Waals surface area contributed by atoms with Gasteiger partial charge in [0.1, 0.15) is 5.75 Å². The van der Waals surface area contributed by atoms with Crippen LogP contribution in [0.2, 0.25) is 0 Å². The molecule has 1 aromatic heterocycles. The SMILES string of the molecule is CCSc1nnc(-c2c(C(C)(C)C)cc(O)cc2C(C)(C)C)o1. The normalized spacial score (nSPS) is 12.7. The largest absolute Gasteiger partial charge is 0.508 e. The molecule has 126 valence electrons. The van der Waals surface area contributed by atoms with Gasteiger partial charge >= 0.3 is 0 Å². The standard InChI is InChI=1S/C18H26N2O2S/c1-8-23-16-20-19-15(22-16)14-12(17(2,3)4)9-11(21)10-13(14)18(5,6)7/h9-10,21H,8H2,1-7H3. The number of aromatic nitrogens is 2. The van der Waals surface area contributed by atoms with E-state index in [1.807, 2.05) is 0 Å². The van der Waals surface area contributed by atoms with Gasteiger partial charge in [-0.1, -0.05) is 60.2 Å². The lowest BCUT2D eigenvalue weighted by atomic mass is 9.76. The minimum absolute atomic E-state index is 0.152. The summed E-state index contributed by atoms with van der Waals surface area (Å²) >= 11 is 1.53. The third kappa shape index (κ3) is 3.89. The first-order valence-corrected chi connectivity index (χ1v) is 8.87. The molecule has 0 bridgehead atoms. The van der Waals surface area contributed by atoms with Crippen LogP contribution >= 0.6 is 11.8 Å². The molecule has 5 heteroatoms. The van der Waals surface area contributed by atoms with Crippen LogP contribution in [0.25, 0.3) is 11.5 Å². The summed E-state index contributed by atoms with van der Waals surface area (Å²) in [6.45, 7) is 14.8. The molecular weight excluding hydrogens is 308 g/mol. The summed E-state index contributed by atoms with van der Waals surface area (Å²) in [5.74, 6) is 1.68. The molecule has 23 heavy (non-hydrogen) atoms. The van der Waals surface area contributed by atoms with Gasteiger partial charge in [-0.15, -0.1) is 10.2 Å². The molecule has 0 aliphatic carbocycles. The number of benzene rings is 1. The molecule has 0 fully saturated rings. The maximum Gasteiger partial charge on any atom is 0.276 e. The first-order chi connectivity index (χ1) is 10.5. The zero-order valence-corrected chi connectivity index (χ0v) is 15.8. The van der Waals surface area contributed by atoms with Crippen molar-refractivity contribution in [3.63, 3.8) is 0 Å². The predicted molar refractivity (Wildman–Crippen MR) is 95.2 cm³/mol. The van der Waals surface area contributed by atoms with Crippen molar-refractivity contribution in [2.24, 2.45) is 0 Å². The Morgan fingerprint density at radius 3 is 1.96 bits per heavy atom. The molecule has 0 amide bonds. The van der Waals surface area contributed by atoms with Crippen LogP contribution in [-0.4, -0.2) is 21.1 Å². The predicted octanol–water partition coefficient (Wildman–Crippen LogP) is 5.15. The summed E-state index contributed by atoms with van der Waals surface area (Å²) in [6, 6.07) is 3.61. The van der Waals surface area contributed by atoms with E-state index in [0.717, 1.165) is 22.4 Å². The van der Waals surface area contributed by atoms with Crippen molar-refractivity contribution in [2.45, 2.75) is 64.5 Å². The van der Waals surface area contributed by atoms with Crippen molar-refractivity contribution >= 4 is 11.8 Å². The summed E-state index contributed by atoms with van der Waals surface area (Å²) in [4.78, 5) is 0. The van der Waals surface area contributed by atoms with Crippen LogP contribution in [0, 0.1) is 0 Å². The molecule has 2 aromatic rings. The van der Waals surface area contributed by atoms with E-state index < -0.39 is 0 Å². The van der Waals surface area contributed by atoms with Crippen LogP contribution in [0.15, 0.2) is 21.8 Å². The van der Waals surface area contributed by atoms with Gasteiger partial charge in [0.2, 0.25) is 5.89 Å². The molecule has 0 aliphatic rings. The number of aromatic hydroxyl groups is 1. The molecule has 2 rings (SSSR count). The van der Waals surface area contributed by atoms with Crippen LogP contribution < -0.4 is 0 Å². The number of nitrogens with zero attached hydrogens (tertiary/aromatic N) is 2. The van der Waals surface area contributed by atoms with Gasteiger partial charge < -0.3 is 9.52 Å². The Hall–Kier alpha value is -1.49. The second-order valence-electron chi connectivity index (χ2n) is 7.72. The fraction of sp³-hybridized carbons (Fsp3) is 0.556. The Kier molecular flexibility index (Phi) is 4.81. The molecule has 4 nitrogen and oxygen atoms in total. The highest BCUT2D eigenvalue weighted by Gasteiger charge is 2.30. The number of rotatable bonds is 3. The third-order valence-corrected chi connectivity index (χ3v) is 4.33. The quantitative estimate of drug-likeness (QED) is 0.787. The lowest BCUT2D eigenvalue weighted by Crippen LogP contribution is -2.19. The first-order valence-electron chi connectivity index (χ1n) is 7.88. The lowest BCUT2D eigenvalue weighted by molar-refractivity contribution is 0.455. The minimum Gasteiger partial charge on any atom is -0.508 e. The minimum atomic E-state index is -0.152. The van der Waals surface area contributed by atoms with Crippen molar-refractivity contribution in [1.82, 2.24) is 10.2 Å². The van der Waals surface area contributed by atoms with Crippen LogP contribution in [0.4, 0.5) is 0 Å². The number of phenolic OH excluding ortho intramolecular Hbond substituents is 1. The molecule has 1 aromatic carbocycles. The zero-order valence-electron chi connectivity index (χ0n) is 15.0. The zero-order chi connectivity index (χ0) is 17.4. The second kappa shape index (κ2) is 6.19. The van der Waals surface area contributed by atoms with E-state index in [-0.39, 0.29) is 16.6 Å². The number of hydrogen-bond acceptors (Lipinski definition) is 5. The Bertz CT molecular complexity index is 659. The van der Waals surface area contributed by atoms with E-state index in [0.29, 0.717) is 11.1 Å². The van der Waals surface area contributed by atoms with Crippen LogP contribution in [0.1, 0.15) is 59.6 Å². The number of phenols is 1. The molecule has 0 atom stereocenters. The van der Waals surface area contributed by atoms with Gasteiger partial charge in [-0.3, -0.25) is 0 Å². The van der Waals surface area contributed by atoms with Crippen LogP contribution in [0.5, 0.6) is 5.75 Å². The van der Waals surface area contributed by atoms with E-state index in [1.165, 1.54) is 11.8 Å². The van der Waals surface area contributed by atoms with E-state index >= 15 is 0 Å². The molecule has 0 saturated heterocycles. The molecule has 0 spiro atoms. The Balaban J connectivity index is 2.76. The van der Waals surface area contributed by atoms with Crippen molar-refractivity contribution in [2.75, 3.05) is 5.75 Å². The first kappa shape index (κ1) is 17.9. The Labute approximate surface area is 142 Å². The molecule has 1 N–H and O–H groups in total. The summed E-state index contributed by atoms with van der Waals surface area (Å²) < 4.78 is 5.88. The highest BCUT2D eigenvalue weighted by Crippen LogP contribution is 2.42. The summed E-state index contributed by atoms with van der Waals surface area (Å²) in [5, 5.41) is 19.2. The highest BCUT2D eigenvalue weighted by molar-refractivity contribution is 7.99. The second-order valence-corrected chi connectivity index (χ2v) is 8.94. The van der Waals surface area contributed by atoms with Gasteiger partial charge in [0, 0.05) is 5.56 Å². The third-order valence-electron chi connectivity index (χ3n) is 3.63. The van der Waals surface area contributed by atoms with Crippen molar-refractivity contribution in [3.05, 3.63) is 23.3 Å². The average molecular weight is 334 g/mol. The van der Waals surface area contributed by atoms with Crippen LogP contribution in [-0.2, 0) is 10.8 Å². The van der Waals surface area contributed by atoms with E-state index in [4.69, 9.17) is 4.42 Å². The van der Waals surface area contributed by atoms with Crippen LogP contribution in [0.3, 0.4) is 0 Å². The smallest absolute Gasteiger partial charge is 0.276 e. The van der Waals surface area contributed by atoms with Gasteiger partial charge in [-0.25, -0.2) is 0 Å².